The molecule has 4 nitrogen and oxygen atoms in total. The van der Waals surface area contributed by atoms with Crippen LogP contribution in [0.15, 0.2) is 60.7 Å². The summed E-state index contributed by atoms with van der Waals surface area (Å²) < 4.78 is 1.73. The van der Waals surface area contributed by atoms with Gasteiger partial charge in [0, 0.05) is 24.4 Å². The molecule has 0 spiro atoms. The minimum absolute atomic E-state index is 0.155. The Bertz CT molecular complexity index is 769. The lowest BCUT2D eigenvalue weighted by Crippen LogP contribution is -2.12. The Morgan fingerprint density at radius 3 is 2.23 bits per heavy atom. The van der Waals surface area contributed by atoms with E-state index in [9.17, 15) is 4.79 Å². The topological polar surface area (TPSA) is 46.9 Å². The Morgan fingerprint density at radius 1 is 1.00 bits per heavy atom. The van der Waals surface area contributed by atoms with Crippen molar-refractivity contribution in [3.8, 4) is 11.1 Å². The fourth-order valence-corrected chi connectivity index (χ4v) is 2.25. The van der Waals surface area contributed by atoms with E-state index >= 15 is 0 Å². The first-order valence-electron chi connectivity index (χ1n) is 7.11. The summed E-state index contributed by atoms with van der Waals surface area (Å²) in [6.07, 6.45) is 0. The molecule has 4 heteroatoms. The lowest BCUT2D eigenvalue weighted by Gasteiger charge is -2.04. The molecule has 110 valence electrons. The molecule has 0 atom stereocenters. The van der Waals surface area contributed by atoms with Gasteiger partial charge in [0.2, 0.25) is 0 Å². The Labute approximate surface area is 129 Å². The first kappa shape index (κ1) is 14.1. The third-order valence-corrected chi connectivity index (χ3v) is 3.61. The fraction of sp³-hybridized carbons (Fsp3) is 0.111. The molecule has 0 unspecified atom stereocenters. The number of hydrogen-bond acceptors (Lipinski definition) is 2. The number of amides is 1. The summed E-state index contributed by atoms with van der Waals surface area (Å²) >= 11 is 0. The van der Waals surface area contributed by atoms with Gasteiger partial charge in [-0.15, -0.1) is 0 Å². The summed E-state index contributed by atoms with van der Waals surface area (Å²) in [5, 5.41) is 7.03. The lowest BCUT2D eigenvalue weighted by atomic mass is 10.0. The van der Waals surface area contributed by atoms with Crippen LogP contribution in [0.4, 0.5) is 5.82 Å². The van der Waals surface area contributed by atoms with Crippen molar-refractivity contribution in [2.75, 3.05) is 5.32 Å². The van der Waals surface area contributed by atoms with Crippen molar-refractivity contribution < 1.29 is 4.79 Å². The molecular weight excluding hydrogens is 274 g/mol. The number of nitrogens with zero attached hydrogens (tertiary/aromatic N) is 2. The number of carbonyl (C=O) groups is 1. The summed E-state index contributed by atoms with van der Waals surface area (Å²) in [6, 6.07) is 19.5. The third-order valence-electron chi connectivity index (χ3n) is 3.61. The summed E-state index contributed by atoms with van der Waals surface area (Å²) in [6.45, 7) is 1.94. The summed E-state index contributed by atoms with van der Waals surface area (Å²) in [4.78, 5) is 12.2. The molecule has 22 heavy (non-hydrogen) atoms. The standard InChI is InChI=1S/C18H17N3O/c1-13-12-17(20-21(13)2)19-18(22)16-10-8-15(9-11-16)14-6-4-3-5-7-14/h3-12H,1-2H3,(H,19,20,22). The van der Waals surface area contributed by atoms with E-state index in [1.54, 1.807) is 4.68 Å². The van der Waals surface area contributed by atoms with Crippen LogP contribution in [0.25, 0.3) is 11.1 Å². The summed E-state index contributed by atoms with van der Waals surface area (Å²) in [5.41, 5.74) is 3.83. The SMILES string of the molecule is Cc1cc(NC(=O)c2ccc(-c3ccccc3)cc2)nn1C. The van der Waals surface area contributed by atoms with Gasteiger partial charge in [0.25, 0.3) is 5.91 Å². The van der Waals surface area contributed by atoms with Crippen LogP contribution < -0.4 is 5.32 Å². The molecule has 0 fully saturated rings. The van der Waals surface area contributed by atoms with Gasteiger partial charge >= 0.3 is 0 Å². The van der Waals surface area contributed by atoms with Gasteiger partial charge in [0.15, 0.2) is 5.82 Å². The van der Waals surface area contributed by atoms with E-state index in [0.29, 0.717) is 11.4 Å². The maximum atomic E-state index is 12.2. The molecule has 3 rings (SSSR count). The second-order valence-corrected chi connectivity index (χ2v) is 5.19. The summed E-state index contributed by atoms with van der Waals surface area (Å²) in [5.74, 6) is 0.412. The van der Waals surface area contributed by atoms with Crippen molar-refractivity contribution in [1.82, 2.24) is 9.78 Å². The molecule has 1 aromatic heterocycles. The van der Waals surface area contributed by atoms with Gasteiger partial charge in [0.1, 0.15) is 0 Å². The zero-order valence-electron chi connectivity index (χ0n) is 12.6. The first-order chi connectivity index (χ1) is 10.6. The molecule has 0 radical (unpaired) electrons. The Balaban J connectivity index is 1.76. The number of nitrogens with one attached hydrogen (secondary N) is 1. The van der Waals surface area contributed by atoms with Gasteiger partial charge in [-0.25, -0.2) is 0 Å². The highest BCUT2D eigenvalue weighted by atomic mass is 16.1. The number of rotatable bonds is 3. The number of benzene rings is 2. The zero-order chi connectivity index (χ0) is 15.5. The highest BCUT2D eigenvalue weighted by Crippen LogP contribution is 2.19. The van der Waals surface area contributed by atoms with Crippen molar-refractivity contribution in [3.63, 3.8) is 0 Å². The van der Waals surface area contributed by atoms with E-state index in [1.807, 2.05) is 74.6 Å². The average Bonchev–Trinajstić information content (AvgIpc) is 2.86. The van der Waals surface area contributed by atoms with Crippen LogP contribution in [0.2, 0.25) is 0 Å². The van der Waals surface area contributed by atoms with Crippen LogP contribution in [0, 0.1) is 6.92 Å². The maximum absolute atomic E-state index is 12.2. The predicted octanol–water partition coefficient (Wildman–Crippen LogP) is 3.65. The van der Waals surface area contributed by atoms with Gasteiger partial charge in [-0.05, 0) is 30.2 Å². The highest BCUT2D eigenvalue weighted by Gasteiger charge is 2.09. The molecule has 0 bridgehead atoms. The molecule has 2 aromatic carbocycles. The van der Waals surface area contributed by atoms with Crippen LogP contribution in [0.3, 0.4) is 0 Å². The van der Waals surface area contributed by atoms with E-state index in [-0.39, 0.29) is 5.91 Å². The molecular formula is C18H17N3O. The molecule has 1 amide bonds. The molecule has 1 heterocycles. The van der Waals surface area contributed by atoms with Gasteiger partial charge in [-0.1, -0.05) is 42.5 Å². The monoisotopic (exact) mass is 291 g/mol. The van der Waals surface area contributed by atoms with Crippen molar-refractivity contribution >= 4 is 11.7 Å². The maximum Gasteiger partial charge on any atom is 0.256 e. The van der Waals surface area contributed by atoms with Crippen LogP contribution >= 0.6 is 0 Å². The molecule has 3 aromatic rings. The van der Waals surface area contributed by atoms with Gasteiger partial charge in [-0.3, -0.25) is 9.48 Å². The van der Waals surface area contributed by atoms with Crippen molar-refractivity contribution in [3.05, 3.63) is 71.9 Å². The highest BCUT2D eigenvalue weighted by molar-refractivity contribution is 6.04. The first-order valence-corrected chi connectivity index (χ1v) is 7.11. The van der Waals surface area contributed by atoms with Gasteiger partial charge in [-0.2, -0.15) is 5.10 Å². The minimum Gasteiger partial charge on any atom is -0.305 e. The van der Waals surface area contributed by atoms with Crippen LogP contribution in [0.1, 0.15) is 16.1 Å². The third kappa shape index (κ3) is 2.91. The molecule has 0 aliphatic heterocycles. The molecule has 0 aliphatic rings. The van der Waals surface area contributed by atoms with Crippen LogP contribution in [-0.4, -0.2) is 15.7 Å². The Morgan fingerprint density at radius 2 is 1.64 bits per heavy atom. The number of hydrogen-bond donors (Lipinski definition) is 1. The van der Waals surface area contributed by atoms with Crippen LogP contribution in [0.5, 0.6) is 0 Å². The smallest absolute Gasteiger partial charge is 0.256 e. The van der Waals surface area contributed by atoms with E-state index in [2.05, 4.69) is 10.4 Å². The second-order valence-electron chi connectivity index (χ2n) is 5.19. The van der Waals surface area contributed by atoms with Gasteiger partial charge < -0.3 is 5.32 Å². The van der Waals surface area contributed by atoms with E-state index in [1.165, 1.54) is 0 Å². The normalized spacial score (nSPS) is 10.5. The number of carbonyl (C=O) groups excluding carboxylic acids is 1. The van der Waals surface area contributed by atoms with E-state index in [4.69, 9.17) is 0 Å². The zero-order valence-corrected chi connectivity index (χ0v) is 12.6. The average molecular weight is 291 g/mol. The number of aryl methyl sites for hydroxylation is 2. The Hall–Kier alpha value is -2.88. The summed E-state index contributed by atoms with van der Waals surface area (Å²) in [7, 11) is 1.85. The molecule has 0 saturated heterocycles. The number of anilines is 1. The largest absolute Gasteiger partial charge is 0.305 e. The molecule has 1 N–H and O–H groups in total. The molecule has 0 aliphatic carbocycles. The fourth-order valence-electron chi connectivity index (χ4n) is 2.25. The van der Waals surface area contributed by atoms with Crippen molar-refractivity contribution in [1.29, 1.82) is 0 Å². The van der Waals surface area contributed by atoms with Crippen LogP contribution in [-0.2, 0) is 7.05 Å². The molecule has 0 saturated carbocycles. The van der Waals surface area contributed by atoms with E-state index in [0.717, 1.165) is 16.8 Å². The van der Waals surface area contributed by atoms with E-state index < -0.39 is 0 Å². The number of aromatic nitrogens is 2. The predicted molar refractivity (Wildman–Crippen MR) is 87.8 cm³/mol. The second kappa shape index (κ2) is 5.85. The van der Waals surface area contributed by atoms with Crippen molar-refractivity contribution in [2.45, 2.75) is 6.92 Å². The Kier molecular flexibility index (Phi) is 3.74. The minimum atomic E-state index is -0.155. The van der Waals surface area contributed by atoms with Crippen molar-refractivity contribution in [2.24, 2.45) is 7.05 Å². The van der Waals surface area contributed by atoms with Gasteiger partial charge in [0.05, 0.1) is 0 Å². The quantitative estimate of drug-likeness (QED) is 0.800. The lowest BCUT2D eigenvalue weighted by molar-refractivity contribution is 0.102.